The van der Waals surface area contributed by atoms with Crippen LogP contribution in [0, 0.1) is 5.82 Å². The zero-order chi connectivity index (χ0) is 23.0. The molecule has 1 fully saturated rings. The molecule has 0 bridgehead atoms. The fourth-order valence-electron chi connectivity index (χ4n) is 4.84. The van der Waals surface area contributed by atoms with E-state index in [2.05, 4.69) is 15.2 Å². The summed E-state index contributed by atoms with van der Waals surface area (Å²) in [6.07, 6.45) is -0.0145. The number of rotatable bonds is 4. The molecule has 1 saturated heterocycles. The normalized spacial score (nSPS) is 24.9. The summed E-state index contributed by atoms with van der Waals surface area (Å²) in [6.45, 7) is 2.83. The first-order valence-electron chi connectivity index (χ1n) is 10.9. The van der Waals surface area contributed by atoms with Crippen molar-refractivity contribution in [2.24, 2.45) is 4.99 Å². The van der Waals surface area contributed by atoms with E-state index < -0.39 is 23.5 Å². The Morgan fingerprint density at radius 2 is 2.12 bits per heavy atom. The van der Waals surface area contributed by atoms with Crippen LogP contribution in [0.15, 0.2) is 58.9 Å². The van der Waals surface area contributed by atoms with Gasteiger partial charge in [-0.1, -0.05) is 12.1 Å². The number of alkyl halides is 1. The van der Waals surface area contributed by atoms with Gasteiger partial charge in [-0.15, -0.1) is 0 Å². The van der Waals surface area contributed by atoms with Gasteiger partial charge in [0.15, 0.2) is 11.4 Å². The van der Waals surface area contributed by atoms with Crippen molar-refractivity contribution in [2.75, 3.05) is 40.0 Å². The van der Waals surface area contributed by atoms with E-state index >= 15 is 4.39 Å². The summed E-state index contributed by atoms with van der Waals surface area (Å²) in [5.41, 5.74) is 0.415. The number of aliphatic imine (C=N–C) groups is 1. The highest BCUT2D eigenvalue weighted by Gasteiger charge is 2.56. The minimum Gasteiger partial charge on any atom is -0.466 e. The first kappa shape index (κ1) is 21.7. The van der Waals surface area contributed by atoms with Crippen molar-refractivity contribution in [1.82, 2.24) is 15.2 Å². The molecule has 3 aliphatic rings. The number of esters is 1. The lowest BCUT2D eigenvalue weighted by Crippen LogP contribution is -2.49. The molecule has 2 aromatic rings. The number of carbonyl (C=O) groups is 1. The summed E-state index contributed by atoms with van der Waals surface area (Å²) >= 11 is 0. The Morgan fingerprint density at radius 1 is 1.30 bits per heavy atom. The van der Waals surface area contributed by atoms with Gasteiger partial charge < -0.3 is 14.8 Å². The fourth-order valence-corrected chi connectivity index (χ4v) is 4.84. The van der Waals surface area contributed by atoms with Gasteiger partial charge in [0.1, 0.15) is 17.7 Å². The number of fused-ring (bicyclic) bond motifs is 2. The molecule has 0 unspecified atom stereocenters. The van der Waals surface area contributed by atoms with Crippen LogP contribution in [0.1, 0.15) is 16.8 Å². The van der Waals surface area contributed by atoms with Gasteiger partial charge in [-0.05, 0) is 35.4 Å². The Bertz CT molecular complexity index is 1130. The Balaban J connectivity index is 1.72. The molecule has 1 aliphatic carbocycles. The third-order valence-electron chi connectivity index (χ3n) is 6.35. The molecule has 1 aromatic carbocycles. The average molecular weight is 454 g/mol. The number of morpholine rings is 1. The van der Waals surface area contributed by atoms with Gasteiger partial charge in [0, 0.05) is 37.9 Å². The van der Waals surface area contributed by atoms with E-state index in [1.54, 1.807) is 18.3 Å². The van der Waals surface area contributed by atoms with E-state index in [0.29, 0.717) is 61.2 Å². The summed E-state index contributed by atoms with van der Waals surface area (Å²) in [5.74, 6) is -0.779. The number of hydrogen-bond donors (Lipinski definition) is 1. The van der Waals surface area contributed by atoms with Crippen molar-refractivity contribution >= 4 is 11.8 Å². The lowest BCUT2D eigenvalue weighted by Gasteiger charge is -2.38. The molecule has 0 amide bonds. The molecule has 1 spiro atoms. The molecule has 3 heterocycles. The number of methoxy groups -OCH3 is 1. The third-order valence-corrected chi connectivity index (χ3v) is 6.35. The van der Waals surface area contributed by atoms with Crippen LogP contribution in [0.3, 0.4) is 0 Å². The largest absolute Gasteiger partial charge is 0.466 e. The highest BCUT2D eigenvalue weighted by atomic mass is 19.1. The summed E-state index contributed by atoms with van der Waals surface area (Å²) in [7, 11) is 1.27. The van der Waals surface area contributed by atoms with Crippen molar-refractivity contribution in [3.63, 3.8) is 0 Å². The van der Waals surface area contributed by atoms with Crippen molar-refractivity contribution in [2.45, 2.75) is 18.1 Å². The quantitative estimate of drug-likeness (QED) is 0.714. The monoisotopic (exact) mass is 454 g/mol. The fraction of sp³-hybridized carbons (Fsp3) is 0.375. The van der Waals surface area contributed by atoms with Crippen LogP contribution in [0.4, 0.5) is 8.78 Å². The van der Waals surface area contributed by atoms with Gasteiger partial charge in [0.2, 0.25) is 0 Å². The zero-order valence-electron chi connectivity index (χ0n) is 18.2. The van der Waals surface area contributed by atoms with Crippen LogP contribution in [-0.2, 0) is 26.2 Å². The van der Waals surface area contributed by atoms with Crippen LogP contribution in [0.2, 0.25) is 0 Å². The van der Waals surface area contributed by atoms with Crippen LogP contribution in [0.25, 0.3) is 0 Å². The number of nitrogens with one attached hydrogen (secondary N) is 1. The predicted octanol–water partition coefficient (Wildman–Crippen LogP) is 2.12. The van der Waals surface area contributed by atoms with E-state index in [0.717, 1.165) is 0 Å². The second-order valence-corrected chi connectivity index (χ2v) is 8.27. The number of nitrogens with zero attached hydrogens (tertiary/aromatic N) is 3. The van der Waals surface area contributed by atoms with Crippen LogP contribution in [0.5, 0.6) is 0 Å². The Labute approximate surface area is 190 Å². The molecule has 5 rings (SSSR count). The minimum atomic E-state index is -1.66. The first-order valence-corrected chi connectivity index (χ1v) is 10.9. The Kier molecular flexibility index (Phi) is 5.67. The highest BCUT2D eigenvalue weighted by molar-refractivity contribution is 6.04. The minimum absolute atomic E-state index is 0.0581. The first-order chi connectivity index (χ1) is 16.0. The summed E-state index contributed by atoms with van der Waals surface area (Å²) < 4.78 is 40.6. The van der Waals surface area contributed by atoms with Gasteiger partial charge in [-0.25, -0.2) is 18.6 Å². The van der Waals surface area contributed by atoms with E-state index in [1.807, 2.05) is 6.07 Å². The summed E-state index contributed by atoms with van der Waals surface area (Å²) in [4.78, 5) is 24.4. The molecule has 2 atom stereocenters. The van der Waals surface area contributed by atoms with E-state index in [-0.39, 0.29) is 12.0 Å². The molecular weight excluding hydrogens is 430 g/mol. The molecule has 1 N–H and O–H groups in total. The van der Waals surface area contributed by atoms with Crippen LogP contribution < -0.4 is 5.32 Å². The van der Waals surface area contributed by atoms with Crippen molar-refractivity contribution in [3.8, 4) is 0 Å². The molecule has 172 valence electrons. The number of amidine groups is 1. The van der Waals surface area contributed by atoms with E-state index in [9.17, 15) is 9.18 Å². The Hall–Kier alpha value is -3.17. The van der Waals surface area contributed by atoms with Crippen molar-refractivity contribution < 1.29 is 23.0 Å². The van der Waals surface area contributed by atoms with Gasteiger partial charge >= 0.3 is 5.97 Å². The zero-order valence-corrected chi connectivity index (χ0v) is 18.2. The SMILES string of the molecule is COC(=O)C1=C(CN2CCOCC2)NC(c2ccccn2)=N[C@@]12c1ccc(F)cc1C[C@H]2F. The van der Waals surface area contributed by atoms with E-state index in [1.165, 1.54) is 25.3 Å². The molecule has 1 aromatic heterocycles. The smallest absolute Gasteiger partial charge is 0.338 e. The van der Waals surface area contributed by atoms with Gasteiger partial charge in [-0.2, -0.15) is 0 Å². The maximum absolute atomic E-state index is 16.0. The second kappa shape index (κ2) is 8.64. The van der Waals surface area contributed by atoms with Crippen LogP contribution in [-0.4, -0.2) is 67.8 Å². The lowest BCUT2D eigenvalue weighted by atomic mass is 9.80. The molecule has 0 radical (unpaired) electrons. The number of carbonyl (C=O) groups excluding carboxylic acids is 1. The van der Waals surface area contributed by atoms with Crippen LogP contribution >= 0.6 is 0 Å². The van der Waals surface area contributed by atoms with Gasteiger partial charge in [0.05, 0.1) is 25.9 Å². The number of ether oxygens (including phenoxy) is 2. The maximum atomic E-state index is 16.0. The predicted molar refractivity (Wildman–Crippen MR) is 117 cm³/mol. The number of aromatic nitrogens is 1. The second-order valence-electron chi connectivity index (χ2n) is 8.27. The summed E-state index contributed by atoms with van der Waals surface area (Å²) in [5, 5.41) is 3.24. The standard InChI is InChI=1S/C24H24F2N4O3/c1-32-23(31)21-19(14-30-8-10-33-11-9-30)28-22(18-4-2-3-7-27-18)29-24(21)17-6-5-16(25)12-15(17)13-20(24)26/h2-7,12,20H,8-11,13-14H2,1H3,(H,28,29)/t20-,24-/m1/s1. The Morgan fingerprint density at radius 3 is 2.85 bits per heavy atom. The number of halogens is 2. The summed E-state index contributed by atoms with van der Waals surface area (Å²) in [6, 6.07) is 9.45. The topological polar surface area (TPSA) is 76.0 Å². The molecule has 2 aliphatic heterocycles. The van der Waals surface area contributed by atoms with Crippen molar-refractivity contribution in [1.29, 1.82) is 0 Å². The molecule has 0 saturated carbocycles. The number of benzene rings is 1. The van der Waals surface area contributed by atoms with Gasteiger partial charge in [-0.3, -0.25) is 9.88 Å². The van der Waals surface area contributed by atoms with Crippen molar-refractivity contribution in [3.05, 3.63) is 76.5 Å². The lowest BCUT2D eigenvalue weighted by molar-refractivity contribution is -0.137. The van der Waals surface area contributed by atoms with E-state index in [4.69, 9.17) is 14.5 Å². The number of pyridine rings is 1. The molecule has 33 heavy (non-hydrogen) atoms. The maximum Gasteiger partial charge on any atom is 0.338 e. The molecular formula is C24H24F2N4O3. The number of hydrogen-bond acceptors (Lipinski definition) is 7. The molecule has 9 heteroatoms. The van der Waals surface area contributed by atoms with Gasteiger partial charge in [0.25, 0.3) is 0 Å². The highest BCUT2D eigenvalue weighted by Crippen LogP contribution is 2.50. The molecule has 7 nitrogen and oxygen atoms in total. The average Bonchev–Trinajstić information content (AvgIpc) is 3.09. The third kappa shape index (κ3) is 3.71.